The van der Waals surface area contributed by atoms with Gasteiger partial charge in [0, 0.05) is 22.2 Å². The van der Waals surface area contributed by atoms with Gasteiger partial charge in [0.1, 0.15) is 17.6 Å². The van der Waals surface area contributed by atoms with Crippen molar-refractivity contribution in [2.24, 2.45) is 0 Å². The molecule has 1 aliphatic heterocycles. The van der Waals surface area contributed by atoms with E-state index in [2.05, 4.69) is 20.8 Å². The standard InChI is InChI=1S/C28H29NO4S/c1-16-10-11-18(28(3,4)5)14-21(16)24(30)22-23(26-17(2)12-13-34-26)29(27(32)25(22)31)19-8-7-9-20(15-19)33-6/h7-15,23,30H,1-6H3/b24-22+. The number of rotatable bonds is 4. The van der Waals surface area contributed by atoms with Gasteiger partial charge in [-0.1, -0.05) is 39.0 Å². The van der Waals surface area contributed by atoms with Crippen LogP contribution >= 0.6 is 11.3 Å². The number of anilines is 1. The molecule has 1 amide bonds. The zero-order chi connectivity index (χ0) is 24.8. The number of ketones is 1. The molecule has 1 aliphatic rings. The summed E-state index contributed by atoms with van der Waals surface area (Å²) in [5.74, 6) is -0.934. The molecule has 4 rings (SSSR count). The van der Waals surface area contributed by atoms with E-state index in [-0.39, 0.29) is 16.7 Å². The number of hydrogen-bond acceptors (Lipinski definition) is 5. The molecule has 1 unspecified atom stereocenters. The van der Waals surface area contributed by atoms with Crippen molar-refractivity contribution in [3.05, 3.63) is 86.6 Å². The summed E-state index contributed by atoms with van der Waals surface area (Å²) >= 11 is 1.46. The molecule has 1 aromatic heterocycles. The van der Waals surface area contributed by atoms with E-state index >= 15 is 0 Å². The third-order valence-electron chi connectivity index (χ3n) is 6.28. The van der Waals surface area contributed by atoms with Gasteiger partial charge >= 0.3 is 0 Å². The second-order valence-corrected chi connectivity index (χ2v) is 10.6. The van der Waals surface area contributed by atoms with Gasteiger partial charge in [0.15, 0.2) is 0 Å². The molecule has 0 spiro atoms. The highest BCUT2D eigenvalue weighted by Gasteiger charge is 2.48. The maximum atomic E-state index is 13.4. The maximum Gasteiger partial charge on any atom is 0.300 e. The molecule has 5 nitrogen and oxygen atoms in total. The minimum absolute atomic E-state index is 0.104. The van der Waals surface area contributed by atoms with Crippen LogP contribution in [0.15, 0.2) is 59.5 Å². The van der Waals surface area contributed by atoms with E-state index in [1.54, 1.807) is 31.4 Å². The molecule has 6 heteroatoms. The summed E-state index contributed by atoms with van der Waals surface area (Å²) in [5.41, 5.74) is 3.89. The molecule has 34 heavy (non-hydrogen) atoms. The van der Waals surface area contributed by atoms with Crippen LogP contribution in [0.4, 0.5) is 5.69 Å². The number of amides is 1. The Bertz CT molecular complexity index is 1310. The zero-order valence-electron chi connectivity index (χ0n) is 20.3. The summed E-state index contributed by atoms with van der Waals surface area (Å²) < 4.78 is 5.35. The van der Waals surface area contributed by atoms with Crippen molar-refractivity contribution in [1.29, 1.82) is 0 Å². The number of ether oxygens (including phenoxy) is 1. The molecule has 0 aliphatic carbocycles. The van der Waals surface area contributed by atoms with Gasteiger partial charge in [0.25, 0.3) is 11.7 Å². The fourth-order valence-electron chi connectivity index (χ4n) is 4.26. The van der Waals surface area contributed by atoms with E-state index in [1.807, 2.05) is 43.5 Å². The number of hydrogen-bond donors (Lipinski definition) is 1. The SMILES string of the molecule is COc1cccc(N2C(=O)C(=O)/C(=C(/O)c3cc(C(C)(C)C)ccc3C)C2c2sccc2C)c1. The van der Waals surface area contributed by atoms with Crippen molar-refractivity contribution >= 4 is 34.5 Å². The summed E-state index contributed by atoms with van der Waals surface area (Å²) in [6, 6.07) is 14.2. The van der Waals surface area contributed by atoms with E-state index < -0.39 is 17.7 Å². The Morgan fingerprint density at radius 2 is 1.76 bits per heavy atom. The third-order valence-corrected chi connectivity index (χ3v) is 7.36. The van der Waals surface area contributed by atoms with Crippen LogP contribution in [0.2, 0.25) is 0 Å². The Morgan fingerprint density at radius 3 is 2.38 bits per heavy atom. The predicted molar refractivity (Wildman–Crippen MR) is 137 cm³/mol. The van der Waals surface area contributed by atoms with E-state index in [1.165, 1.54) is 16.2 Å². The number of aliphatic hydroxyl groups is 1. The van der Waals surface area contributed by atoms with Gasteiger partial charge in [0.2, 0.25) is 0 Å². The number of aliphatic hydroxyl groups excluding tert-OH is 1. The average molecular weight is 476 g/mol. The molecule has 176 valence electrons. The smallest absolute Gasteiger partial charge is 0.300 e. The van der Waals surface area contributed by atoms with Crippen molar-refractivity contribution in [2.45, 2.75) is 46.1 Å². The third kappa shape index (κ3) is 4.03. The second kappa shape index (κ2) is 8.76. The normalized spacial score (nSPS) is 17.9. The fraction of sp³-hybridized carbons (Fsp3) is 0.286. The summed E-state index contributed by atoms with van der Waals surface area (Å²) in [6.07, 6.45) is 0. The highest BCUT2D eigenvalue weighted by Crippen LogP contribution is 2.45. The van der Waals surface area contributed by atoms with Crippen molar-refractivity contribution in [3.63, 3.8) is 0 Å². The summed E-state index contributed by atoms with van der Waals surface area (Å²) in [5, 5.41) is 13.5. The number of methoxy groups -OCH3 is 1. The lowest BCUT2D eigenvalue weighted by atomic mass is 9.84. The van der Waals surface area contributed by atoms with Gasteiger partial charge in [-0.15, -0.1) is 11.3 Å². The summed E-state index contributed by atoms with van der Waals surface area (Å²) in [7, 11) is 1.55. The number of thiophene rings is 1. The van der Waals surface area contributed by atoms with Gasteiger partial charge in [-0.25, -0.2) is 0 Å². The number of nitrogens with zero attached hydrogens (tertiary/aromatic N) is 1. The minimum Gasteiger partial charge on any atom is -0.507 e. The van der Waals surface area contributed by atoms with Crippen molar-refractivity contribution < 1.29 is 19.4 Å². The Labute approximate surface area is 204 Å². The van der Waals surface area contributed by atoms with Crippen LogP contribution in [0.3, 0.4) is 0 Å². The van der Waals surface area contributed by atoms with Crippen LogP contribution in [-0.2, 0) is 15.0 Å². The van der Waals surface area contributed by atoms with Gasteiger partial charge in [-0.05, 0) is 65.6 Å². The van der Waals surface area contributed by atoms with E-state index in [4.69, 9.17) is 4.74 Å². The first-order chi connectivity index (χ1) is 16.0. The molecule has 1 atom stereocenters. The molecular weight excluding hydrogens is 446 g/mol. The van der Waals surface area contributed by atoms with Gasteiger partial charge in [-0.3, -0.25) is 14.5 Å². The van der Waals surface area contributed by atoms with Crippen molar-refractivity contribution in [3.8, 4) is 5.75 Å². The molecule has 1 N–H and O–H groups in total. The van der Waals surface area contributed by atoms with E-state index in [0.29, 0.717) is 17.0 Å². The molecular formula is C28H29NO4S. The lowest BCUT2D eigenvalue weighted by molar-refractivity contribution is -0.132. The quantitative estimate of drug-likeness (QED) is 0.273. The average Bonchev–Trinajstić information content (AvgIpc) is 3.33. The van der Waals surface area contributed by atoms with Crippen LogP contribution in [0.25, 0.3) is 5.76 Å². The Morgan fingerprint density at radius 1 is 1.03 bits per heavy atom. The maximum absolute atomic E-state index is 13.4. The predicted octanol–water partition coefficient (Wildman–Crippen LogP) is 6.30. The number of aryl methyl sites for hydroxylation is 2. The monoisotopic (exact) mass is 475 g/mol. The minimum atomic E-state index is -0.732. The van der Waals surface area contributed by atoms with Crippen molar-refractivity contribution in [2.75, 3.05) is 12.0 Å². The Balaban J connectivity index is 1.98. The lowest BCUT2D eigenvalue weighted by Crippen LogP contribution is -2.29. The Kier molecular flexibility index (Phi) is 6.13. The Hall–Kier alpha value is -3.38. The molecule has 3 aromatic rings. The van der Waals surface area contributed by atoms with Crippen LogP contribution in [0.5, 0.6) is 5.75 Å². The first-order valence-electron chi connectivity index (χ1n) is 11.1. The van der Waals surface area contributed by atoms with Crippen LogP contribution in [0.1, 0.15) is 53.9 Å². The van der Waals surface area contributed by atoms with Crippen LogP contribution in [-0.4, -0.2) is 23.9 Å². The first kappa shape index (κ1) is 23.8. The highest BCUT2D eigenvalue weighted by molar-refractivity contribution is 7.10. The number of carbonyl (C=O) groups is 2. The molecule has 1 saturated heterocycles. The number of carbonyl (C=O) groups excluding carboxylic acids is 2. The van der Waals surface area contributed by atoms with Gasteiger partial charge in [-0.2, -0.15) is 0 Å². The molecule has 2 heterocycles. The lowest BCUT2D eigenvalue weighted by Gasteiger charge is -2.26. The van der Waals surface area contributed by atoms with Crippen LogP contribution in [0, 0.1) is 13.8 Å². The molecule has 2 aromatic carbocycles. The first-order valence-corrected chi connectivity index (χ1v) is 12.0. The van der Waals surface area contributed by atoms with Crippen LogP contribution < -0.4 is 9.64 Å². The fourth-order valence-corrected chi connectivity index (χ4v) is 5.29. The number of benzene rings is 2. The van der Waals surface area contributed by atoms with Gasteiger partial charge in [0.05, 0.1) is 12.7 Å². The zero-order valence-corrected chi connectivity index (χ0v) is 21.1. The molecule has 0 saturated carbocycles. The molecule has 0 bridgehead atoms. The summed E-state index contributed by atoms with van der Waals surface area (Å²) in [6.45, 7) is 10.1. The largest absolute Gasteiger partial charge is 0.507 e. The molecule has 0 radical (unpaired) electrons. The second-order valence-electron chi connectivity index (χ2n) is 9.62. The number of Topliss-reactive ketones (excluding diaryl/α,β-unsaturated/α-hetero) is 1. The van der Waals surface area contributed by atoms with E-state index in [0.717, 1.165) is 21.6 Å². The van der Waals surface area contributed by atoms with Crippen molar-refractivity contribution in [1.82, 2.24) is 0 Å². The highest BCUT2D eigenvalue weighted by atomic mass is 32.1. The van der Waals surface area contributed by atoms with E-state index in [9.17, 15) is 14.7 Å². The van der Waals surface area contributed by atoms with Gasteiger partial charge < -0.3 is 9.84 Å². The molecule has 1 fully saturated rings. The summed E-state index contributed by atoms with van der Waals surface area (Å²) in [4.78, 5) is 29.1. The topological polar surface area (TPSA) is 66.8 Å².